The lowest BCUT2D eigenvalue weighted by molar-refractivity contribution is -0.149. The Kier molecular flexibility index (Phi) is 3.71. The summed E-state index contributed by atoms with van der Waals surface area (Å²) in [6.45, 7) is -2.73. The van der Waals surface area contributed by atoms with Gasteiger partial charge in [-0.3, -0.25) is 9.59 Å². The van der Waals surface area contributed by atoms with Crippen LogP contribution in [0.1, 0.15) is 10.5 Å². The second kappa shape index (κ2) is 4.85. The van der Waals surface area contributed by atoms with Crippen molar-refractivity contribution in [2.75, 3.05) is 13.1 Å². The number of carbonyl (C=O) groups is 2. The summed E-state index contributed by atoms with van der Waals surface area (Å²) in [5.74, 6) is -2.70. The molecule has 1 rings (SSSR count). The van der Waals surface area contributed by atoms with E-state index in [9.17, 15) is 22.8 Å². The molecule has 0 saturated heterocycles. The van der Waals surface area contributed by atoms with E-state index in [2.05, 4.69) is 9.68 Å². The quantitative estimate of drug-likeness (QED) is 0.855. The molecule has 17 heavy (non-hydrogen) atoms. The van der Waals surface area contributed by atoms with E-state index in [-0.39, 0.29) is 10.6 Å². The first kappa shape index (κ1) is 13.0. The number of hydrogen-bond acceptors (Lipinski definition) is 4. The molecule has 1 heterocycles. The lowest BCUT2D eigenvalue weighted by atomic mass is 10.3. The minimum absolute atomic E-state index is 0.125. The van der Waals surface area contributed by atoms with Crippen LogP contribution in [0.2, 0.25) is 0 Å². The van der Waals surface area contributed by atoms with E-state index < -0.39 is 31.1 Å². The van der Waals surface area contributed by atoms with Crippen molar-refractivity contribution in [2.45, 2.75) is 6.18 Å². The van der Waals surface area contributed by atoms with Gasteiger partial charge in [0, 0.05) is 6.07 Å². The summed E-state index contributed by atoms with van der Waals surface area (Å²) < 4.78 is 40.7. The lowest BCUT2D eigenvalue weighted by Gasteiger charge is -2.20. The Balaban J connectivity index is 2.83. The van der Waals surface area contributed by atoms with Gasteiger partial charge in [0.15, 0.2) is 5.69 Å². The van der Waals surface area contributed by atoms with E-state index in [4.69, 9.17) is 5.11 Å². The first-order chi connectivity index (χ1) is 7.79. The maximum Gasteiger partial charge on any atom is 0.406 e. The number of halogens is 3. The molecule has 0 radical (unpaired) electrons. The summed E-state index contributed by atoms with van der Waals surface area (Å²) in [6.07, 6.45) is -3.69. The third kappa shape index (κ3) is 4.13. The first-order valence-corrected chi connectivity index (χ1v) is 4.28. The molecule has 1 aromatic heterocycles. The monoisotopic (exact) mass is 252 g/mol. The van der Waals surface area contributed by atoms with Gasteiger partial charge in [0.1, 0.15) is 19.4 Å². The number of rotatable bonds is 4. The predicted octanol–water partition coefficient (Wildman–Crippen LogP) is 0.764. The minimum atomic E-state index is -4.69. The highest BCUT2D eigenvalue weighted by Crippen LogP contribution is 2.17. The van der Waals surface area contributed by atoms with Gasteiger partial charge < -0.3 is 14.5 Å². The van der Waals surface area contributed by atoms with Crippen LogP contribution in [-0.4, -0.2) is 46.3 Å². The van der Waals surface area contributed by atoms with E-state index in [1.54, 1.807) is 0 Å². The Hall–Kier alpha value is -2.06. The van der Waals surface area contributed by atoms with Gasteiger partial charge in [-0.05, 0) is 0 Å². The van der Waals surface area contributed by atoms with Gasteiger partial charge in [-0.2, -0.15) is 13.2 Å². The van der Waals surface area contributed by atoms with Crippen LogP contribution in [0.25, 0.3) is 0 Å². The molecule has 0 unspecified atom stereocenters. The van der Waals surface area contributed by atoms with Crippen LogP contribution in [0, 0.1) is 0 Å². The van der Waals surface area contributed by atoms with Crippen molar-refractivity contribution < 1.29 is 32.4 Å². The zero-order valence-corrected chi connectivity index (χ0v) is 8.27. The Morgan fingerprint density at radius 3 is 2.53 bits per heavy atom. The summed E-state index contributed by atoms with van der Waals surface area (Å²) in [5, 5.41) is 11.6. The summed E-state index contributed by atoms with van der Waals surface area (Å²) in [7, 11) is 0. The number of carboxylic acid groups (broad SMARTS) is 1. The molecule has 9 heteroatoms. The molecule has 0 fully saturated rings. The van der Waals surface area contributed by atoms with Crippen molar-refractivity contribution in [1.29, 1.82) is 0 Å². The smallest absolute Gasteiger partial charge is 0.406 e. The number of carbonyl (C=O) groups excluding carboxylic acids is 1. The van der Waals surface area contributed by atoms with Crippen molar-refractivity contribution >= 4 is 11.9 Å². The molecule has 0 aromatic carbocycles. The molecule has 1 amide bonds. The van der Waals surface area contributed by atoms with Gasteiger partial charge >= 0.3 is 12.1 Å². The van der Waals surface area contributed by atoms with Crippen LogP contribution in [-0.2, 0) is 4.79 Å². The molecule has 0 atom stereocenters. The Bertz CT molecular complexity index is 401. The van der Waals surface area contributed by atoms with Crippen LogP contribution < -0.4 is 0 Å². The van der Waals surface area contributed by atoms with Crippen molar-refractivity contribution in [3.63, 3.8) is 0 Å². The summed E-state index contributed by atoms with van der Waals surface area (Å²) in [5.41, 5.74) is -0.379. The molecule has 1 N–H and O–H groups in total. The zero-order chi connectivity index (χ0) is 13.1. The third-order valence-electron chi connectivity index (χ3n) is 1.64. The minimum Gasteiger partial charge on any atom is -0.480 e. The highest BCUT2D eigenvalue weighted by molar-refractivity contribution is 5.93. The summed E-state index contributed by atoms with van der Waals surface area (Å²) in [4.78, 5) is 21.9. The maximum atomic E-state index is 12.1. The number of aliphatic carboxylic acids is 1. The van der Waals surface area contributed by atoms with Crippen molar-refractivity contribution in [3.05, 3.63) is 18.0 Å². The SMILES string of the molecule is O=C(O)CN(CC(F)(F)F)C(=O)c1ccon1. The molecule has 0 spiro atoms. The first-order valence-electron chi connectivity index (χ1n) is 4.28. The molecule has 0 aliphatic carbocycles. The molecule has 94 valence electrons. The van der Waals surface area contributed by atoms with E-state index in [1.165, 1.54) is 0 Å². The van der Waals surface area contributed by atoms with Crippen molar-refractivity contribution in [1.82, 2.24) is 10.1 Å². The normalized spacial score (nSPS) is 11.2. The fraction of sp³-hybridized carbons (Fsp3) is 0.375. The molecule has 0 bridgehead atoms. The van der Waals surface area contributed by atoms with Crippen LogP contribution in [0.5, 0.6) is 0 Å². The van der Waals surface area contributed by atoms with Crippen LogP contribution in [0.4, 0.5) is 13.2 Å². The highest BCUT2D eigenvalue weighted by Gasteiger charge is 2.34. The number of aromatic nitrogens is 1. The maximum absolute atomic E-state index is 12.1. The average molecular weight is 252 g/mol. The Morgan fingerprint density at radius 2 is 2.12 bits per heavy atom. The lowest BCUT2D eigenvalue weighted by Crippen LogP contribution is -2.42. The number of carboxylic acids is 1. The number of alkyl halides is 3. The van der Waals surface area contributed by atoms with Crippen LogP contribution >= 0.6 is 0 Å². The second-order valence-corrected chi connectivity index (χ2v) is 3.05. The summed E-state index contributed by atoms with van der Waals surface area (Å²) in [6, 6.07) is 1.05. The topological polar surface area (TPSA) is 83.6 Å². The van der Waals surface area contributed by atoms with Gasteiger partial charge in [-0.1, -0.05) is 5.16 Å². The average Bonchev–Trinajstić information content (AvgIpc) is 2.65. The van der Waals surface area contributed by atoms with E-state index in [0.717, 1.165) is 12.3 Å². The third-order valence-corrected chi connectivity index (χ3v) is 1.64. The summed E-state index contributed by atoms with van der Waals surface area (Å²) >= 11 is 0. The highest BCUT2D eigenvalue weighted by atomic mass is 19.4. The number of nitrogens with zero attached hydrogens (tertiary/aromatic N) is 2. The van der Waals surface area contributed by atoms with Crippen LogP contribution in [0.15, 0.2) is 16.9 Å². The molecule has 1 aromatic rings. The molecular formula is C8H7F3N2O4. The largest absolute Gasteiger partial charge is 0.480 e. The Morgan fingerprint density at radius 1 is 1.47 bits per heavy atom. The van der Waals surface area contributed by atoms with Gasteiger partial charge in [0.25, 0.3) is 5.91 Å². The van der Waals surface area contributed by atoms with E-state index in [0.29, 0.717) is 0 Å². The van der Waals surface area contributed by atoms with Gasteiger partial charge in [0.05, 0.1) is 0 Å². The Labute approximate surface area is 92.6 Å². The van der Waals surface area contributed by atoms with Crippen LogP contribution in [0.3, 0.4) is 0 Å². The van der Waals surface area contributed by atoms with Crippen molar-refractivity contribution in [3.8, 4) is 0 Å². The fourth-order valence-electron chi connectivity index (χ4n) is 1.06. The van der Waals surface area contributed by atoms with E-state index in [1.807, 2.05) is 0 Å². The van der Waals surface area contributed by atoms with Crippen molar-refractivity contribution in [2.24, 2.45) is 0 Å². The van der Waals surface area contributed by atoms with Gasteiger partial charge in [0.2, 0.25) is 0 Å². The molecule has 0 saturated carbocycles. The van der Waals surface area contributed by atoms with Gasteiger partial charge in [-0.25, -0.2) is 0 Å². The predicted molar refractivity (Wildman–Crippen MR) is 46.1 cm³/mol. The standard InChI is InChI=1S/C8H7F3N2O4/c9-8(10,11)4-13(3-6(14)15)7(16)5-1-2-17-12-5/h1-2H,3-4H2,(H,14,15). The second-order valence-electron chi connectivity index (χ2n) is 3.05. The molecular weight excluding hydrogens is 245 g/mol. The zero-order valence-electron chi connectivity index (χ0n) is 8.27. The number of hydrogen-bond donors (Lipinski definition) is 1. The fourth-order valence-corrected chi connectivity index (χ4v) is 1.06. The molecule has 6 nitrogen and oxygen atoms in total. The number of amides is 1. The van der Waals surface area contributed by atoms with E-state index >= 15 is 0 Å². The molecule has 0 aliphatic rings. The van der Waals surface area contributed by atoms with Gasteiger partial charge in [-0.15, -0.1) is 0 Å². The molecule has 0 aliphatic heterocycles.